The van der Waals surface area contributed by atoms with Crippen LogP contribution in [0.1, 0.15) is 96.0 Å². The number of benzene rings is 1. The minimum Gasteiger partial charge on any atom is -0.379 e. The zero-order chi connectivity index (χ0) is 60.9. The molecule has 0 radical (unpaired) electrons. The molecule has 2 saturated heterocycles. The maximum atomic E-state index is 13.5. The van der Waals surface area contributed by atoms with E-state index < -0.39 is 23.9 Å². The van der Waals surface area contributed by atoms with Crippen molar-refractivity contribution in [1.29, 1.82) is 0 Å². The molecule has 0 aromatic heterocycles. The smallest absolute Gasteiger partial charge is 0.315 e. The summed E-state index contributed by atoms with van der Waals surface area (Å²) in [4.78, 5) is 74.6. The van der Waals surface area contributed by atoms with Gasteiger partial charge in [0, 0.05) is 56.4 Å². The van der Waals surface area contributed by atoms with Crippen LogP contribution in [0.3, 0.4) is 0 Å². The molecule has 0 aliphatic carbocycles. The standard InChI is InChI=1S/C59H103N7O18S/c1-2-3-5-17-53(67)62-21-12-22-73-24-26-75-28-30-77-32-34-79-36-38-81-40-42-83-44-45-84-43-41-82-39-37-80-35-33-78-31-29-76-27-25-74-23-19-55(69)63-50(46-48-13-6-4-7-14-48)58(71)64-49(57(60)70)15-10-11-20-61-54(68)18-9-8-16-52-56-51(47-85-52)65-59(72)66-56/h4,6-7,13-14,49-52,56H,2-3,5,8-12,15-47H2,1H3,(H2,60,70)(H,61,68)(H,62,67)(H,63,69)(H,64,71)(H2,65,66,72)/t49?,50-,51?,52+,56?/m1/s1. The van der Waals surface area contributed by atoms with Gasteiger partial charge in [-0.05, 0) is 50.5 Å². The molecular formula is C59H103N7O18S. The Labute approximate surface area is 508 Å². The average Bonchev–Trinajstić information content (AvgIpc) is 3.20. The van der Waals surface area contributed by atoms with E-state index in [2.05, 4.69) is 38.8 Å². The lowest BCUT2D eigenvalue weighted by atomic mass is 10.0. The van der Waals surface area contributed by atoms with Crippen molar-refractivity contribution in [3.05, 3.63) is 35.9 Å². The van der Waals surface area contributed by atoms with E-state index in [9.17, 15) is 28.8 Å². The number of ether oxygens (including phenoxy) is 12. The second kappa shape index (κ2) is 52.8. The number of thioether (sulfide) groups is 1. The molecule has 2 aliphatic rings. The van der Waals surface area contributed by atoms with E-state index in [-0.39, 0.29) is 68.3 Å². The summed E-state index contributed by atoms with van der Waals surface area (Å²) < 4.78 is 66.4. The van der Waals surface area contributed by atoms with Gasteiger partial charge < -0.3 is 94.5 Å². The summed E-state index contributed by atoms with van der Waals surface area (Å²) in [6, 6.07) is 7.58. The highest BCUT2D eigenvalue weighted by Crippen LogP contribution is 2.33. The minimum absolute atomic E-state index is 0.0106. The molecule has 488 valence electrons. The number of rotatable bonds is 60. The number of nitrogens with two attached hydrogens (primary N) is 1. The second-order valence-electron chi connectivity index (χ2n) is 20.2. The van der Waals surface area contributed by atoms with Gasteiger partial charge in [0.2, 0.25) is 29.5 Å². The fourth-order valence-electron chi connectivity index (χ4n) is 8.66. The van der Waals surface area contributed by atoms with Crippen LogP contribution in [0.25, 0.3) is 0 Å². The summed E-state index contributed by atoms with van der Waals surface area (Å²) in [6.45, 7) is 13.6. The van der Waals surface area contributed by atoms with Crippen LogP contribution < -0.4 is 37.6 Å². The van der Waals surface area contributed by atoms with E-state index in [1.807, 2.05) is 42.1 Å². The molecule has 3 rings (SSSR count). The summed E-state index contributed by atoms with van der Waals surface area (Å²) in [7, 11) is 0. The summed E-state index contributed by atoms with van der Waals surface area (Å²) in [5, 5.41) is 17.7. The predicted octanol–water partition coefficient (Wildman–Crippen LogP) is 2.37. The van der Waals surface area contributed by atoms with E-state index in [1.165, 1.54) is 0 Å². The zero-order valence-corrected chi connectivity index (χ0v) is 51.4. The van der Waals surface area contributed by atoms with E-state index in [1.54, 1.807) is 0 Å². The van der Waals surface area contributed by atoms with Crippen LogP contribution in [0.5, 0.6) is 0 Å². The maximum absolute atomic E-state index is 13.5. The molecule has 0 saturated carbocycles. The Hall–Kier alpha value is -4.29. The number of hydrogen-bond acceptors (Lipinski definition) is 19. The Kier molecular flexibility index (Phi) is 46.6. The van der Waals surface area contributed by atoms with Gasteiger partial charge in [0.05, 0.1) is 164 Å². The van der Waals surface area contributed by atoms with Gasteiger partial charge in [-0.3, -0.25) is 24.0 Å². The summed E-state index contributed by atoms with van der Waals surface area (Å²) >= 11 is 1.86. The Balaban J connectivity index is 1.03. The first-order valence-electron chi connectivity index (χ1n) is 30.7. The number of hydrogen-bond donors (Lipinski definition) is 7. The van der Waals surface area contributed by atoms with Crippen LogP contribution in [-0.2, 0) is 87.2 Å². The highest BCUT2D eigenvalue weighted by molar-refractivity contribution is 8.00. The number of carbonyl (C=O) groups excluding carboxylic acids is 6. The van der Waals surface area contributed by atoms with Crippen LogP contribution in [0.15, 0.2) is 30.3 Å². The van der Waals surface area contributed by atoms with Gasteiger partial charge in [0.25, 0.3) is 0 Å². The van der Waals surface area contributed by atoms with Crippen molar-refractivity contribution in [3.8, 4) is 0 Å². The normalized spacial score (nSPS) is 16.1. The molecule has 1 aromatic rings. The fourth-order valence-corrected chi connectivity index (χ4v) is 10.2. The van der Waals surface area contributed by atoms with Crippen LogP contribution >= 0.6 is 11.8 Å². The molecule has 3 unspecified atom stereocenters. The number of urea groups is 1. The summed E-state index contributed by atoms with van der Waals surface area (Å²) in [6.07, 6.45) is 9.15. The summed E-state index contributed by atoms with van der Waals surface area (Å²) in [5.74, 6) is -0.616. The van der Waals surface area contributed by atoms with Gasteiger partial charge in [-0.25, -0.2) is 4.79 Å². The number of primary amides is 1. The Morgan fingerprint density at radius 1 is 0.506 bits per heavy atom. The Morgan fingerprint density at radius 2 is 0.953 bits per heavy atom. The van der Waals surface area contributed by atoms with Crippen LogP contribution in [-0.4, -0.2) is 242 Å². The van der Waals surface area contributed by atoms with E-state index in [0.717, 1.165) is 56.3 Å². The Bertz CT molecular complexity index is 1870. The lowest BCUT2D eigenvalue weighted by Gasteiger charge is -2.22. The van der Waals surface area contributed by atoms with E-state index in [0.29, 0.717) is 189 Å². The molecule has 8 N–H and O–H groups in total. The molecule has 85 heavy (non-hydrogen) atoms. The topological polar surface area (TPSA) is 311 Å². The highest BCUT2D eigenvalue weighted by atomic mass is 32.2. The van der Waals surface area contributed by atoms with Crippen molar-refractivity contribution in [3.63, 3.8) is 0 Å². The largest absolute Gasteiger partial charge is 0.379 e. The third-order valence-electron chi connectivity index (χ3n) is 13.3. The number of fused-ring (bicyclic) bond motifs is 1. The zero-order valence-electron chi connectivity index (χ0n) is 50.6. The van der Waals surface area contributed by atoms with Crippen molar-refractivity contribution < 1.29 is 85.6 Å². The molecule has 2 fully saturated rings. The summed E-state index contributed by atoms with van der Waals surface area (Å²) in [5.41, 5.74) is 6.51. The second-order valence-corrected chi connectivity index (χ2v) is 21.5. The highest BCUT2D eigenvalue weighted by Gasteiger charge is 2.42. The number of amides is 7. The molecule has 1 aromatic carbocycles. The molecule has 0 spiro atoms. The lowest BCUT2D eigenvalue weighted by Crippen LogP contribution is -2.53. The SMILES string of the molecule is CCCCCC(=O)NCCCOCCOCCOCCOCCOCCOCCOCCOCCOCCOCCOCCOCCC(=O)N[C@H](Cc1ccccc1)C(=O)NC(CCCCNC(=O)CCCC[C@@H]1SCC2NC(=O)NC21)C(N)=O. The first-order valence-corrected chi connectivity index (χ1v) is 31.8. The number of nitrogens with one attached hydrogen (secondary N) is 6. The number of carbonyl (C=O) groups is 6. The first-order chi connectivity index (χ1) is 41.7. The molecule has 2 aliphatic heterocycles. The molecule has 0 bridgehead atoms. The molecule has 26 heteroatoms. The molecule has 25 nitrogen and oxygen atoms in total. The van der Waals surface area contributed by atoms with Gasteiger partial charge in [-0.1, -0.05) is 56.5 Å². The third-order valence-corrected chi connectivity index (χ3v) is 14.8. The molecule has 7 amide bonds. The first kappa shape index (κ1) is 75.0. The van der Waals surface area contributed by atoms with Gasteiger partial charge in [-0.2, -0.15) is 11.8 Å². The van der Waals surface area contributed by atoms with E-state index >= 15 is 0 Å². The van der Waals surface area contributed by atoms with Crippen LogP contribution in [0.2, 0.25) is 0 Å². The van der Waals surface area contributed by atoms with Gasteiger partial charge in [0.1, 0.15) is 12.1 Å². The third kappa shape index (κ3) is 41.5. The van der Waals surface area contributed by atoms with Crippen molar-refractivity contribution >= 4 is 47.3 Å². The fraction of sp³-hybridized carbons (Fsp3) is 0.797. The van der Waals surface area contributed by atoms with Crippen molar-refractivity contribution in [2.75, 3.05) is 177 Å². The number of unbranched alkanes of at least 4 members (excludes halogenated alkanes) is 4. The molecular weight excluding hydrogens is 1130 g/mol. The lowest BCUT2D eigenvalue weighted by molar-refractivity contribution is -0.131. The van der Waals surface area contributed by atoms with Crippen LogP contribution in [0, 0.1) is 0 Å². The molecule has 2 heterocycles. The van der Waals surface area contributed by atoms with Crippen molar-refractivity contribution in [2.24, 2.45) is 5.73 Å². The minimum atomic E-state index is -0.958. The van der Waals surface area contributed by atoms with E-state index in [4.69, 9.17) is 62.6 Å². The maximum Gasteiger partial charge on any atom is 0.315 e. The van der Waals surface area contributed by atoms with Crippen molar-refractivity contribution in [1.82, 2.24) is 31.9 Å². The van der Waals surface area contributed by atoms with Crippen molar-refractivity contribution in [2.45, 2.75) is 126 Å². The van der Waals surface area contributed by atoms with Gasteiger partial charge in [0.15, 0.2) is 0 Å². The van der Waals surface area contributed by atoms with Gasteiger partial charge >= 0.3 is 6.03 Å². The van der Waals surface area contributed by atoms with Crippen LogP contribution in [0.4, 0.5) is 4.79 Å². The molecule has 5 atom stereocenters. The monoisotopic (exact) mass is 1230 g/mol. The predicted molar refractivity (Wildman–Crippen MR) is 320 cm³/mol. The Morgan fingerprint density at radius 3 is 1.42 bits per heavy atom. The quantitative estimate of drug-likeness (QED) is 0.0364. The van der Waals surface area contributed by atoms with Gasteiger partial charge in [-0.15, -0.1) is 0 Å². The average molecular weight is 1230 g/mol.